The van der Waals surface area contributed by atoms with Crippen LogP contribution in [0.1, 0.15) is 51.4 Å². The second-order valence-electron chi connectivity index (χ2n) is 8.07. The van der Waals surface area contributed by atoms with E-state index in [2.05, 4.69) is 15.0 Å². The molecular weight excluding hydrogens is 404 g/mol. The summed E-state index contributed by atoms with van der Waals surface area (Å²) in [5.41, 5.74) is 0.464. The van der Waals surface area contributed by atoms with Gasteiger partial charge in [-0.2, -0.15) is 8.42 Å². The van der Waals surface area contributed by atoms with Crippen LogP contribution < -0.4 is 10.6 Å². The summed E-state index contributed by atoms with van der Waals surface area (Å²) in [7, 11) is -1.95. The van der Waals surface area contributed by atoms with E-state index >= 15 is 0 Å². The molecule has 0 aromatic heterocycles. The molecule has 8 nitrogen and oxygen atoms in total. The Morgan fingerprint density at radius 2 is 1.77 bits per heavy atom. The van der Waals surface area contributed by atoms with Gasteiger partial charge in [-0.3, -0.25) is 9.59 Å². The lowest BCUT2D eigenvalue weighted by atomic mass is 9.87. The fourth-order valence-electron chi connectivity index (χ4n) is 3.92. The number of anilines is 1. The molecule has 1 saturated heterocycles. The molecule has 1 heterocycles. The molecule has 1 aromatic rings. The van der Waals surface area contributed by atoms with Crippen molar-refractivity contribution in [1.29, 1.82) is 0 Å². The average Bonchev–Trinajstić information content (AvgIpc) is 3.11. The first-order valence-electron chi connectivity index (χ1n) is 10.5. The van der Waals surface area contributed by atoms with Crippen LogP contribution in [0.4, 0.5) is 5.69 Å². The fourth-order valence-corrected chi connectivity index (χ4v) is 5.01. The molecule has 0 atom stereocenters. The number of hydrogen-bond acceptors (Lipinski definition) is 4. The first kappa shape index (κ1) is 22.3. The lowest BCUT2D eigenvalue weighted by Crippen LogP contribution is -2.34. The highest BCUT2D eigenvalue weighted by Gasteiger charge is 2.20. The van der Waals surface area contributed by atoms with Gasteiger partial charge >= 0.3 is 0 Å². The van der Waals surface area contributed by atoms with E-state index in [1.807, 2.05) is 11.9 Å². The Labute approximate surface area is 178 Å². The number of sulfonamides is 1. The molecule has 3 rings (SSSR count). The van der Waals surface area contributed by atoms with Crippen molar-refractivity contribution in [3.8, 4) is 0 Å². The molecule has 2 N–H and O–H groups in total. The average molecular weight is 435 g/mol. The number of carbonyl (C=O) groups excluding carboxylic acids is 2. The first-order chi connectivity index (χ1) is 14.3. The van der Waals surface area contributed by atoms with Crippen molar-refractivity contribution in [2.45, 2.75) is 56.3 Å². The molecule has 2 amide bonds. The van der Waals surface area contributed by atoms with Crippen LogP contribution in [-0.2, 0) is 19.6 Å². The van der Waals surface area contributed by atoms with Crippen molar-refractivity contribution >= 4 is 33.4 Å². The Hall–Kier alpha value is -2.42. The van der Waals surface area contributed by atoms with Crippen molar-refractivity contribution in [1.82, 2.24) is 10.2 Å². The van der Waals surface area contributed by atoms with E-state index in [-0.39, 0.29) is 23.3 Å². The molecule has 2 aliphatic rings. The smallest absolute Gasteiger partial charge is 0.283 e. The zero-order chi connectivity index (χ0) is 21.6. The van der Waals surface area contributed by atoms with Crippen LogP contribution in [0.25, 0.3) is 0 Å². The molecule has 30 heavy (non-hydrogen) atoms. The lowest BCUT2D eigenvalue weighted by Gasteiger charge is -2.20. The quantitative estimate of drug-likeness (QED) is 0.686. The SMILES string of the molecule is CN1CCC/C1=N\S(=O)(=O)c1ccc(NC(=O)CNC(=O)CC2CCCCC2)cc1. The van der Waals surface area contributed by atoms with E-state index in [0.29, 0.717) is 30.3 Å². The Balaban J connectivity index is 1.48. The molecule has 0 bridgehead atoms. The number of rotatable bonds is 7. The lowest BCUT2D eigenvalue weighted by molar-refractivity contribution is -0.125. The maximum atomic E-state index is 12.5. The van der Waals surface area contributed by atoms with Crippen LogP contribution in [0.15, 0.2) is 33.6 Å². The zero-order valence-electron chi connectivity index (χ0n) is 17.4. The molecule has 0 unspecified atom stereocenters. The molecule has 1 aliphatic heterocycles. The second kappa shape index (κ2) is 10.1. The van der Waals surface area contributed by atoms with E-state index in [1.165, 1.54) is 43.5 Å². The van der Waals surface area contributed by atoms with Crippen LogP contribution >= 0.6 is 0 Å². The highest BCUT2D eigenvalue weighted by Crippen LogP contribution is 2.26. The normalized spacial score (nSPS) is 19.1. The van der Waals surface area contributed by atoms with E-state index in [9.17, 15) is 18.0 Å². The third-order valence-corrected chi connectivity index (χ3v) is 6.96. The van der Waals surface area contributed by atoms with E-state index in [4.69, 9.17) is 0 Å². The number of nitrogens with zero attached hydrogens (tertiary/aromatic N) is 2. The third-order valence-electron chi connectivity index (χ3n) is 5.64. The molecule has 2 fully saturated rings. The van der Waals surface area contributed by atoms with Gasteiger partial charge in [0, 0.05) is 32.1 Å². The summed E-state index contributed by atoms with van der Waals surface area (Å²) < 4.78 is 28.8. The van der Waals surface area contributed by atoms with Gasteiger partial charge in [0.2, 0.25) is 11.8 Å². The van der Waals surface area contributed by atoms with Crippen LogP contribution in [0.2, 0.25) is 0 Å². The van der Waals surface area contributed by atoms with Crippen LogP contribution in [0.5, 0.6) is 0 Å². The van der Waals surface area contributed by atoms with Gasteiger partial charge in [-0.05, 0) is 49.4 Å². The van der Waals surface area contributed by atoms with Crippen molar-refractivity contribution in [2.24, 2.45) is 10.3 Å². The first-order valence-corrected chi connectivity index (χ1v) is 12.0. The Morgan fingerprint density at radius 3 is 2.40 bits per heavy atom. The number of nitrogens with one attached hydrogen (secondary N) is 2. The predicted molar refractivity (Wildman–Crippen MR) is 116 cm³/mol. The number of hydrogen-bond donors (Lipinski definition) is 2. The van der Waals surface area contributed by atoms with Gasteiger partial charge in [-0.25, -0.2) is 0 Å². The van der Waals surface area contributed by atoms with E-state index < -0.39 is 10.0 Å². The minimum absolute atomic E-state index is 0.0779. The summed E-state index contributed by atoms with van der Waals surface area (Å²) in [5, 5.41) is 5.33. The minimum Gasteiger partial charge on any atom is -0.362 e. The monoisotopic (exact) mass is 434 g/mol. The van der Waals surface area contributed by atoms with E-state index in [0.717, 1.165) is 25.8 Å². The third kappa shape index (κ3) is 6.29. The topological polar surface area (TPSA) is 108 Å². The Morgan fingerprint density at radius 1 is 1.07 bits per heavy atom. The molecule has 9 heteroatoms. The standard InChI is InChI=1S/C21H30N4O4S/c1-25-13-5-8-19(25)24-30(28,29)18-11-9-17(10-12-18)23-21(27)15-22-20(26)14-16-6-3-2-4-7-16/h9-12,16H,2-8,13-15H2,1H3,(H,22,26)(H,23,27)/b24-19+. The van der Waals surface area contributed by atoms with Gasteiger partial charge in [0.1, 0.15) is 5.84 Å². The molecular formula is C21H30N4O4S. The summed E-state index contributed by atoms with van der Waals surface area (Å²) in [6.07, 6.45) is 7.76. The molecule has 1 saturated carbocycles. The number of amidine groups is 1. The number of benzene rings is 1. The van der Waals surface area contributed by atoms with Crippen molar-refractivity contribution in [2.75, 3.05) is 25.5 Å². The van der Waals surface area contributed by atoms with Crippen molar-refractivity contribution in [3.05, 3.63) is 24.3 Å². The summed E-state index contributed by atoms with van der Waals surface area (Å²) in [6, 6.07) is 5.89. The van der Waals surface area contributed by atoms with Gasteiger partial charge < -0.3 is 15.5 Å². The maximum absolute atomic E-state index is 12.5. The Bertz CT molecular complexity index is 890. The van der Waals surface area contributed by atoms with Crippen LogP contribution in [0.3, 0.4) is 0 Å². The number of amides is 2. The molecule has 1 aliphatic carbocycles. The number of likely N-dealkylation sites (tertiary alicyclic amines) is 1. The molecule has 0 spiro atoms. The number of carbonyl (C=O) groups is 2. The summed E-state index contributed by atoms with van der Waals surface area (Å²) in [4.78, 5) is 26.0. The zero-order valence-corrected chi connectivity index (χ0v) is 18.2. The highest BCUT2D eigenvalue weighted by atomic mass is 32.2. The van der Waals surface area contributed by atoms with Crippen LogP contribution in [0, 0.1) is 5.92 Å². The Kier molecular flexibility index (Phi) is 7.47. The highest BCUT2D eigenvalue weighted by molar-refractivity contribution is 7.90. The van der Waals surface area contributed by atoms with Crippen molar-refractivity contribution in [3.63, 3.8) is 0 Å². The fraction of sp³-hybridized carbons (Fsp3) is 0.571. The van der Waals surface area contributed by atoms with Crippen LogP contribution in [-0.4, -0.2) is 51.1 Å². The predicted octanol–water partition coefficient (Wildman–Crippen LogP) is 2.52. The molecule has 1 aromatic carbocycles. The minimum atomic E-state index is -3.78. The summed E-state index contributed by atoms with van der Waals surface area (Å²) in [5.74, 6) is 0.533. The van der Waals surface area contributed by atoms with Gasteiger partial charge in [0.25, 0.3) is 10.0 Å². The van der Waals surface area contributed by atoms with Crippen molar-refractivity contribution < 1.29 is 18.0 Å². The van der Waals surface area contributed by atoms with Gasteiger partial charge in [0.15, 0.2) is 0 Å². The van der Waals surface area contributed by atoms with E-state index in [1.54, 1.807) is 0 Å². The molecule has 0 radical (unpaired) electrons. The van der Waals surface area contributed by atoms with Gasteiger partial charge in [0.05, 0.1) is 11.4 Å². The maximum Gasteiger partial charge on any atom is 0.283 e. The summed E-state index contributed by atoms with van der Waals surface area (Å²) in [6.45, 7) is 0.697. The van der Waals surface area contributed by atoms with Gasteiger partial charge in [-0.15, -0.1) is 4.40 Å². The molecule has 164 valence electrons. The largest absolute Gasteiger partial charge is 0.362 e. The summed E-state index contributed by atoms with van der Waals surface area (Å²) >= 11 is 0. The second-order valence-corrected chi connectivity index (χ2v) is 9.67. The van der Waals surface area contributed by atoms with Gasteiger partial charge in [-0.1, -0.05) is 19.3 Å².